The maximum atomic E-state index is 12.3. The van der Waals surface area contributed by atoms with E-state index in [9.17, 15) is 9.59 Å². The van der Waals surface area contributed by atoms with E-state index >= 15 is 0 Å². The van der Waals surface area contributed by atoms with Crippen LogP contribution in [0.3, 0.4) is 0 Å². The van der Waals surface area contributed by atoms with Crippen LogP contribution in [0.4, 0.5) is 0 Å². The molecule has 0 amide bonds. The molecule has 4 heteroatoms. The molecule has 1 unspecified atom stereocenters. The Kier molecular flexibility index (Phi) is 5.10. The quantitative estimate of drug-likeness (QED) is 0.741. The molecule has 0 saturated carbocycles. The number of ketones is 2. The summed E-state index contributed by atoms with van der Waals surface area (Å²) in [4.78, 5) is 23.4. The normalized spacial score (nSPS) is 11.8. The molecule has 0 aliphatic rings. The van der Waals surface area contributed by atoms with Crippen molar-refractivity contribution in [3.8, 4) is 11.5 Å². The summed E-state index contributed by atoms with van der Waals surface area (Å²) in [5.74, 6) is 0.759. The van der Waals surface area contributed by atoms with E-state index in [1.165, 1.54) is 14.0 Å². The SMILES string of the molecule is COc1ccc(C(=O)C(C)CC(C)=O)c(OC)c1C. The minimum absolute atomic E-state index is 0.00468. The molecule has 104 valence electrons. The largest absolute Gasteiger partial charge is 0.496 e. The maximum Gasteiger partial charge on any atom is 0.169 e. The highest BCUT2D eigenvalue weighted by molar-refractivity contribution is 6.02. The Labute approximate surface area is 113 Å². The van der Waals surface area contributed by atoms with Crippen LogP contribution in [-0.4, -0.2) is 25.8 Å². The van der Waals surface area contributed by atoms with Crippen molar-refractivity contribution in [2.45, 2.75) is 27.2 Å². The van der Waals surface area contributed by atoms with Crippen molar-refractivity contribution in [2.75, 3.05) is 14.2 Å². The monoisotopic (exact) mass is 264 g/mol. The van der Waals surface area contributed by atoms with Gasteiger partial charge < -0.3 is 14.3 Å². The van der Waals surface area contributed by atoms with Crippen molar-refractivity contribution < 1.29 is 19.1 Å². The fourth-order valence-electron chi connectivity index (χ4n) is 2.14. The van der Waals surface area contributed by atoms with Gasteiger partial charge in [0.15, 0.2) is 5.78 Å². The Bertz CT molecular complexity index is 491. The minimum Gasteiger partial charge on any atom is -0.496 e. The van der Waals surface area contributed by atoms with E-state index in [2.05, 4.69) is 0 Å². The summed E-state index contributed by atoms with van der Waals surface area (Å²) in [7, 11) is 3.09. The summed E-state index contributed by atoms with van der Waals surface area (Å²) < 4.78 is 10.5. The molecule has 0 aliphatic carbocycles. The Morgan fingerprint density at radius 1 is 1.21 bits per heavy atom. The van der Waals surface area contributed by atoms with Crippen LogP contribution in [0.1, 0.15) is 36.2 Å². The van der Waals surface area contributed by atoms with Gasteiger partial charge in [-0.1, -0.05) is 6.92 Å². The number of methoxy groups -OCH3 is 2. The van der Waals surface area contributed by atoms with Crippen LogP contribution in [0.15, 0.2) is 12.1 Å². The van der Waals surface area contributed by atoms with Gasteiger partial charge in [0, 0.05) is 17.9 Å². The van der Waals surface area contributed by atoms with Crippen molar-refractivity contribution >= 4 is 11.6 Å². The van der Waals surface area contributed by atoms with Gasteiger partial charge in [0.05, 0.1) is 19.8 Å². The average Bonchev–Trinajstić information content (AvgIpc) is 2.36. The molecule has 0 aliphatic heterocycles. The highest BCUT2D eigenvalue weighted by Crippen LogP contribution is 2.33. The molecular weight excluding hydrogens is 244 g/mol. The smallest absolute Gasteiger partial charge is 0.169 e. The molecule has 0 aromatic heterocycles. The second-order valence-corrected chi connectivity index (χ2v) is 4.65. The Hall–Kier alpha value is -1.84. The van der Waals surface area contributed by atoms with Gasteiger partial charge in [0.1, 0.15) is 17.3 Å². The summed E-state index contributed by atoms with van der Waals surface area (Å²) in [6.45, 7) is 5.08. The van der Waals surface area contributed by atoms with Crippen LogP contribution in [0.25, 0.3) is 0 Å². The molecule has 0 saturated heterocycles. The standard InChI is InChI=1S/C15H20O4/c1-9(8-10(2)16)14(17)12-6-7-13(18-4)11(3)15(12)19-5/h6-7,9H,8H2,1-5H3. The average molecular weight is 264 g/mol. The highest BCUT2D eigenvalue weighted by Gasteiger charge is 2.22. The fourth-order valence-corrected chi connectivity index (χ4v) is 2.14. The number of ether oxygens (including phenoxy) is 2. The molecule has 0 N–H and O–H groups in total. The summed E-state index contributed by atoms with van der Waals surface area (Å²) in [5, 5.41) is 0. The third-order valence-electron chi connectivity index (χ3n) is 3.09. The number of carbonyl (C=O) groups excluding carboxylic acids is 2. The molecule has 1 rings (SSSR count). The highest BCUT2D eigenvalue weighted by atomic mass is 16.5. The number of Topliss-reactive ketones (excluding diaryl/α,β-unsaturated/α-hetero) is 2. The molecule has 0 fully saturated rings. The van der Waals surface area contributed by atoms with Crippen molar-refractivity contribution in [1.82, 2.24) is 0 Å². The Morgan fingerprint density at radius 3 is 2.32 bits per heavy atom. The van der Waals surface area contributed by atoms with Gasteiger partial charge in [-0.2, -0.15) is 0 Å². The lowest BCUT2D eigenvalue weighted by atomic mass is 9.93. The molecule has 0 spiro atoms. The Morgan fingerprint density at radius 2 is 1.84 bits per heavy atom. The van der Waals surface area contributed by atoms with E-state index in [4.69, 9.17) is 9.47 Å². The van der Waals surface area contributed by atoms with Gasteiger partial charge in [0.25, 0.3) is 0 Å². The third kappa shape index (κ3) is 3.34. The lowest BCUT2D eigenvalue weighted by Gasteiger charge is -2.16. The molecule has 1 aromatic rings. The minimum atomic E-state index is -0.348. The maximum absolute atomic E-state index is 12.3. The zero-order chi connectivity index (χ0) is 14.6. The first-order valence-electron chi connectivity index (χ1n) is 6.17. The number of carbonyl (C=O) groups is 2. The van der Waals surface area contributed by atoms with Gasteiger partial charge in [-0.15, -0.1) is 0 Å². The van der Waals surface area contributed by atoms with Crippen molar-refractivity contribution in [1.29, 1.82) is 0 Å². The first-order valence-corrected chi connectivity index (χ1v) is 6.17. The van der Waals surface area contributed by atoms with Crippen LogP contribution in [0.2, 0.25) is 0 Å². The van der Waals surface area contributed by atoms with Gasteiger partial charge in [-0.05, 0) is 26.0 Å². The second kappa shape index (κ2) is 6.36. The van der Waals surface area contributed by atoms with E-state index in [1.54, 1.807) is 26.2 Å². The zero-order valence-electron chi connectivity index (χ0n) is 12.1. The summed E-state index contributed by atoms with van der Waals surface area (Å²) in [5.41, 5.74) is 1.28. The predicted octanol–water partition coefficient (Wildman–Crippen LogP) is 2.81. The van der Waals surface area contributed by atoms with E-state index in [0.717, 1.165) is 5.56 Å². The predicted molar refractivity (Wildman–Crippen MR) is 73.1 cm³/mol. The Balaban J connectivity index is 3.16. The van der Waals surface area contributed by atoms with Crippen molar-refractivity contribution in [2.24, 2.45) is 5.92 Å². The molecular formula is C15H20O4. The van der Waals surface area contributed by atoms with Gasteiger partial charge in [-0.3, -0.25) is 4.79 Å². The van der Waals surface area contributed by atoms with Crippen LogP contribution >= 0.6 is 0 Å². The summed E-state index contributed by atoms with van der Waals surface area (Å²) in [6.07, 6.45) is 0.243. The number of hydrogen-bond acceptors (Lipinski definition) is 4. The number of hydrogen-bond donors (Lipinski definition) is 0. The number of benzene rings is 1. The van der Waals surface area contributed by atoms with Gasteiger partial charge >= 0.3 is 0 Å². The third-order valence-corrected chi connectivity index (χ3v) is 3.09. The zero-order valence-corrected chi connectivity index (χ0v) is 12.1. The van der Waals surface area contributed by atoms with E-state index in [-0.39, 0.29) is 23.9 Å². The second-order valence-electron chi connectivity index (χ2n) is 4.65. The summed E-state index contributed by atoms with van der Waals surface area (Å²) >= 11 is 0. The topological polar surface area (TPSA) is 52.6 Å². The van der Waals surface area contributed by atoms with Crippen LogP contribution in [0.5, 0.6) is 11.5 Å². The molecule has 1 aromatic carbocycles. The molecule has 0 radical (unpaired) electrons. The van der Waals surface area contributed by atoms with Crippen LogP contribution in [-0.2, 0) is 4.79 Å². The molecule has 0 heterocycles. The fraction of sp³-hybridized carbons (Fsp3) is 0.467. The van der Waals surface area contributed by atoms with Crippen molar-refractivity contribution in [3.63, 3.8) is 0 Å². The first kappa shape index (κ1) is 15.2. The molecule has 0 bridgehead atoms. The summed E-state index contributed by atoms with van der Waals surface area (Å²) in [6, 6.07) is 3.43. The van der Waals surface area contributed by atoms with E-state index in [1.807, 2.05) is 6.92 Å². The van der Waals surface area contributed by atoms with E-state index < -0.39 is 0 Å². The molecule has 1 atom stereocenters. The van der Waals surface area contributed by atoms with Crippen LogP contribution < -0.4 is 9.47 Å². The van der Waals surface area contributed by atoms with Crippen LogP contribution in [0, 0.1) is 12.8 Å². The molecule has 4 nitrogen and oxygen atoms in total. The lowest BCUT2D eigenvalue weighted by Crippen LogP contribution is -2.16. The molecule has 19 heavy (non-hydrogen) atoms. The lowest BCUT2D eigenvalue weighted by molar-refractivity contribution is -0.117. The number of rotatable bonds is 6. The van der Waals surface area contributed by atoms with Gasteiger partial charge in [0.2, 0.25) is 0 Å². The first-order chi connectivity index (χ1) is 8.92. The van der Waals surface area contributed by atoms with E-state index in [0.29, 0.717) is 17.1 Å². The van der Waals surface area contributed by atoms with Crippen molar-refractivity contribution in [3.05, 3.63) is 23.3 Å². The van der Waals surface area contributed by atoms with Gasteiger partial charge in [-0.25, -0.2) is 0 Å².